The number of rotatable bonds is 7. The van der Waals surface area contributed by atoms with Crippen molar-refractivity contribution in [3.8, 4) is 22.4 Å². The average molecular weight is 1030 g/mol. The van der Waals surface area contributed by atoms with Crippen LogP contribution in [-0.4, -0.2) is 4.98 Å². The zero-order valence-corrected chi connectivity index (χ0v) is 39.6. The van der Waals surface area contributed by atoms with Crippen molar-refractivity contribution >= 4 is 39.0 Å². The zero-order chi connectivity index (χ0) is 49.0. The molecule has 6 aromatic carbocycles. The van der Waals surface area contributed by atoms with Gasteiger partial charge in [-0.3, -0.25) is 4.39 Å². The number of fused-ring (bicyclic) bond motifs is 4. The quantitative estimate of drug-likeness (QED) is 0.149. The normalized spacial score (nSPS) is 17.6. The van der Waals surface area contributed by atoms with Crippen molar-refractivity contribution in [1.29, 1.82) is 0 Å². The van der Waals surface area contributed by atoms with Gasteiger partial charge < -0.3 is 19.6 Å². The maximum atomic E-state index is 12.9. The van der Waals surface area contributed by atoms with E-state index >= 15 is 0 Å². The number of aromatic nitrogens is 1. The van der Waals surface area contributed by atoms with Crippen LogP contribution in [0.2, 0.25) is 0 Å². The van der Waals surface area contributed by atoms with Crippen LogP contribution in [0.15, 0.2) is 132 Å². The minimum absolute atomic E-state index is 0. The molecule has 4 nitrogen and oxygen atoms in total. The minimum atomic E-state index is -2.58. The summed E-state index contributed by atoms with van der Waals surface area (Å²) in [7, 11) is 0. The second kappa shape index (κ2) is 18.5. The van der Waals surface area contributed by atoms with E-state index in [1.165, 1.54) is 77.4 Å². The van der Waals surface area contributed by atoms with Crippen LogP contribution >= 0.6 is 0 Å². The van der Waals surface area contributed by atoms with Gasteiger partial charge in [-0.05, 0) is 132 Å². The summed E-state index contributed by atoms with van der Waals surface area (Å²) in [4.78, 5) is 6.42. The van der Waals surface area contributed by atoms with Gasteiger partial charge in [0.15, 0.2) is 0 Å². The second-order valence-electron chi connectivity index (χ2n) is 18.5. The average Bonchev–Trinajstić information content (AvgIpc) is 3.90. The van der Waals surface area contributed by atoms with Crippen LogP contribution in [0.25, 0.3) is 49.6 Å². The molecule has 2 aromatic heterocycles. The summed E-state index contributed by atoms with van der Waals surface area (Å²) in [6, 6.07) is 46.5. The molecule has 1 atom stereocenters. The summed E-state index contributed by atoms with van der Waals surface area (Å²) < 4.78 is 64.0. The molecule has 10 rings (SSSR count). The summed E-state index contributed by atoms with van der Waals surface area (Å²) in [6.07, 6.45) is 5.93. The third-order valence-electron chi connectivity index (χ3n) is 12.9. The van der Waals surface area contributed by atoms with Gasteiger partial charge in [-0.15, -0.1) is 41.1 Å². The van der Waals surface area contributed by atoms with Gasteiger partial charge in [0.1, 0.15) is 5.58 Å². The monoisotopic (exact) mass is 1030 g/mol. The van der Waals surface area contributed by atoms with Gasteiger partial charge in [-0.25, -0.2) is 0 Å². The molecule has 2 aliphatic rings. The number of anilines is 2. The Hall–Kier alpha value is -5.55. The van der Waals surface area contributed by atoms with Crippen molar-refractivity contribution in [2.75, 3.05) is 4.90 Å². The Balaban J connectivity index is 0.000000252. The van der Waals surface area contributed by atoms with Crippen molar-refractivity contribution < 1.29 is 37.1 Å². The molecule has 1 fully saturated rings. The predicted molar refractivity (Wildman–Crippen MR) is 260 cm³/mol. The number of benzene rings is 6. The molecular weight excluding hydrogens is 966 g/mol. The van der Waals surface area contributed by atoms with E-state index in [4.69, 9.17) is 18.0 Å². The Morgan fingerprint density at radius 2 is 1.50 bits per heavy atom. The molecule has 0 bridgehead atoms. The summed E-state index contributed by atoms with van der Waals surface area (Å²) in [5.41, 5.74) is 13.3. The molecule has 0 spiro atoms. The fourth-order valence-corrected chi connectivity index (χ4v) is 9.29. The topological polar surface area (TPSA) is 43.4 Å². The molecule has 6 heteroatoms. The largest absolute Gasteiger partial charge is 3.00 e. The van der Waals surface area contributed by atoms with Crippen molar-refractivity contribution in [3.63, 3.8) is 0 Å². The van der Waals surface area contributed by atoms with Crippen molar-refractivity contribution in [2.24, 2.45) is 5.41 Å². The number of furan rings is 1. The number of hydrogen-bond acceptors (Lipinski definition) is 3. The SMILES string of the molecule is CC(C)c1cc(-c2ccc(C3CCC(C)(C)CC3)cc2)cc(C(C)C)c1N1c2ccccc2[N-]C1c1[c-]ccc2c1oc1ccccc12.[2H]C([2H])([2H])c1cnc(-c2[c-]cc(F)cc2)cc1C([2H])([2H])[2H].[Ir+3]. The first-order valence-corrected chi connectivity index (χ1v) is 22.1. The molecule has 326 valence electrons. The molecule has 8 aromatic rings. The van der Waals surface area contributed by atoms with E-state index in [0.717, 1.165) is 51.1 Å². The van der Waals surface area contributed by atoms with Crippen LogP contribution in [0.5, 0.6) is 0 Å². The molecule has 3 heterocycles. The second-order valence-corrected chi connectivity index (χ2v) is 18.5. The van der Waals surface area contributed by atoms with Crippen molar-refractivity contribution in [1.82, 2.24) is 4.98 Å². The molecule has 0 N–H and O–H groups in total. The number of halogens is 1. The smallest absolute Gasteiger partial charge is 0.661 e. The number of hydrogen-bond donors (Lipinski definition) is 0. The summed E-state index contributed by atoms with van der Waals surface area (Å²) >= 11 is 0. The Morgan fingerprint density at radius 3 is 2.19 bits per heavy atom. The van der Waals surface area contributed by atoms with Crippen LogP contribution in [0, 0.1) is 37.1 Å². The molecule has 64 heavy (non-hydrogen) atoms. The summed E-state index contributed by atoms with van der Waals surface area (Å²) in [6.45, 7) is 8.97. The summed E-state index contributed by atoms with van der Waals surface area (Å²) in [5, 5.41) is 7.61. The van der Waals surface area contributed by atoms with Crippen LogP contribution in [0.3, 0.4) is 0 Å². The van der Waals surface area contributed by atoms with Gasteiger partial charge in [0.05, 0.1) is 0 Å². The van der Waals surface area contributed by atoms with Gasteiger partial charge in [0.25, 0.3) is 0 Å². The van der Waals surface area contributed by atoms with Gasteiger partial charge in [0.2, 0.25) is 0 Å². The molecule has 1 unspecified atom stereocenters. The van der Waals surface area contributed by atoms with Crippen LogP contribution in [-0.2, 0) is 20.1 Å². The summed E-state index contributed by atoms with van der Waals surface area (Å²) in [5.74, 6) is 0.813. The number of nitrogens with zero attached hydrogens (tertiary/aromatic N) is 3. The Kier molecular flexibility index (Phi) is 10.9. The van der Waals surface area contributed by atoms with Crippen molar-refractivity contribution in [2.45, 2.75) is 105 Å². The third-order valence-corrected chi connectivity index (χ3v) is 12.9. The predicted octanol–water partition coefficient (Wildman–Crippen LogP) is 17.1. The molecule has 0 radical (unpaired) electrons. The number of pyridine rings is 1. The standard InChI is InChI=1S/C45H46N2O.C13H11FN.Ir/c1-28(2)37-26-33(31-20-18-30(19-21-31)32-22-24-45(5,6)25-23-32)27-38(29(3)4)42(37)47-40-16-9-8-15-39(40)46-44(47)36-14-11-13-35-34-12-7-10-17-41(34)48-43(35)36;1-9-7-13(15-8-10(9)2)11-3-5-12(14)6-4-11;/h7-13,15-21,26-29,32,44H,22-25H2,1-6H3;3,5-8H,1-2H3;/q-2;-1;+3/i;1D3,2D3;. The van der Waals surface area contributed by atoms with E-state index in [2.05, 4.69) is 142 Å². The first-order chi connectivity index (χ1) is 32.8. The van der Waals surface area contributed by atoms with Crippen LogP contribution in [0.4, 0.5) is 21.5 Å². The molecular formula is C58H57FIrN3O. The number of aryl methyl sites for hydroxylation is 2. The number of para-hydroxylation sites is 3. The fraction of sp³-hybridized carbons (Fsp3) is 0.293. The Morgan fingerprint density at radius 1 is 0.797 bits per heavy atom. The molecule has 1 aliphatic carbocycles. The Bertz CT molecular complexity index is 3100. The molecule has 1 saturated carbocycles. The van der Waals surface area contributed by atoms with Gasteiger partial charge in [0, 0.05) is 42.6 Å². The molecule has 0 amide bonds. The first-order valence-electron chi connectivity index (χ1n) is 25.1. The van der Waals surface area contributed by atoms with Gasteiger partial charge in [-0.2, -0.15) is 18.2 Å². The van der Waals surface area contributed by atoms with Crippen LogP contribution in [0.1, 0.15) is 133 Å². The Labute approximate surface area is 401 Å². The van der Waals surface area contributed by atoms with E-state index in [0.29, 0.717) is 28.7 Å². The van der Waals surface area contributed by atoms with Crippen molar-refractivity contribution in [3.05, 3.63) is 184 Å². The first kappa shape index (κ1) is 37.8. The molecule has 1 aliphatic heterocycles. The minimum Gasteiger partial charge on any atom is -0.661 e. The molecule has 0 saturated heterocycles. The van der Waals surface area contributed by atoms with Gasteiger partial charge >= 0.3 is 20.1 Å². The van der Waals surface area contributed by atoms with E-state index < -0.39 is 19.5 Å². The fourth-order valence-electron chi connectivity index (χ4n) is 9.29. The zero-order valence-electron chi connectivity index (χ0n) is 43.2. The maximum Gasteiger partial charge on any atom is 3.00 e. The van der Waals surface area contributed by atoms with E-state index in [1.807, 2.05) is 18.2 Å². The van der Waals surface area contributed by atoms with Crippen LogP contribution < -0.4 is 4.90 Å². The van der Waals surface area contributed by atoms with E-state index in [9.17, 15) is 4.39 Å². The van der Waals surface area contributed by atoms with Gasteiger partial charge in [-0.1, -0.05) is 119 Å². The maximum absolute atomic E-state index is 12.9. The van der Waals surface area contributed by atoms with E-state index in [1.54, 1.807) is 0 Å². The third kappa shape index (κ3) is 8.93. The van der Waals surface area contributed by atoms with E-state index in [-0.39, 0.29) is 43.1 Å².